The quantitative estimate of drug-likeness (QED) is 0.169. The smallest absolute Gasteiger partial charge is 0.148 e. The van der Waals surface area contributed by atoms with E-state index in [-0.39, 0.29) is 26.8 Å². The van der Waals surface area contributed by atoms with Crippen molar-refractivity contribution in [1.29, 1.82) is 0 Å². The molecular formula is C48H30N3O2Pt-. The van der Waals surface area contributed by atoms with Gasteiger partial charge in [0.25, 0.3) is 0 Å². The standard InChI is InChI=1S/C48H30N3O2.Pt/c52-43-24-11-8-20-40(43)48-50-46-37(21-13-23-42(46)51(48)41-22-10-7-18-36(41)32-16-5-2-6-17-32)34-28-33(31-14-3-1-4-15-31)29-35(30-34)45-47-39(26-27-49-45)38-19-9-12-25-44(38)53-47;/h1-29,52H;/q-1;. The van der Waals surface area contributed by atoms with Crippen LogP contribution >= 0.6 is 0 Å². The van der Waals surface area contributed by atoms with Crippen LogP contribution in [0.1, 0.15) is 0 Å². The first-order valence-electron chi connectivity index (χ1n) is 17.6. The second kappa shape index (κ2) is 13.8. The van der Waals surface area contributed by atoms with Crippen LogP contribution in [0.5, 0.6) is 5.75 Å². The summed E-state index contributed by atoms with van der Waals surface area (Å²) in [7, 11) is 0. The number of pyridine rings is 1. The van der Waals surface area contributed by atoms with Crippen LogP contribution < -0.4 is 0 Å². The van der Waals surface area contributed by atoms with Crippen LogP contribution in [-0.4, -0.2) is 19.6 Å². The molecule has 0 bridgehead atoms. The van der Waals surface area contributed by atoms with Gasteiger partial charge in [0.15, 0.2) is 0 Å². The van der Waals surface area contributed by atoms with E-state index in [2.05, 4.69) is 102 Å². The van der Waals surface area contributed by atoms with E-state index in [0.717, 1.165) is 83.3 Å². The SMILES string of the molecule is Oc1ccccc1-c1nc2c(-c3[c-]c(-c4nccc5c4oc4ccccc45)cc(-c4ccccc4)c3)cccc2n1-c1ccccc1-c1ccccc1.[Pt]. The predicted molar refractivity (Wildman–Crippen MR) is 214 cm³/mol. The number of aromatic nitrogens is 3. The second-order valence-corrected chi connectivity index (χ2v) is 13.0. The minimum atomic E-state index is 0. The Kier molecular flexibility index (Phi) is 8.49. The van der Waals surface area contributed by atoms with E-state index in [1.54, 1.807) is 6.07 Å². The topological polar surface area (TPSA) is 64.1 Å². The van der Waals surface area contributed by atoms with Crippen molar-refractivity contribution in [2.75, 3.05) is 0 Å². The van der Waals surface area contributed by atoms with Crippen LogP contribution in [0.25, 0.3) is 94.7 Å². The van der Waals surface area contributed by atoms with E-state index < -0.39 is 0 Å². The van der Waals surface area contributed by atoms with Gasteiger partial charge in [-0.1, -0.05) is 138 Å². The van der Waals surface area contributed by atoms with E-state index in [4.69, 9.17) is 14.4 Å². The van der Waals surface area contributed by atoms with Gasteiger partial charge < -0.3 is 9.52 Å². The van der Waals surface area contributed by atoms with Crippen LogP contribution in [-0.2, 0) is 21.1 Å². The van der Waals surface area contributed by atoms with Crippen molar-refractivity contribution in [1.82, 2.24) is 14.5 Å². The van der Waals surface area contributed by atoms with Crippen LogP contribution in [0.2, 0.25) is 0 Å². The van der Waals surface area contributed by atoms with Crippen molar-refractivity contribution in [3.05, 3.63) is 182 Å². The number of nitrogens with zero attached hydrogens (tertiary/aromatic N) is 3. The van der Waals surface area contributed by atoms with Gasteiger partial charge in [-0.3, -0.25) is 9.55 Å². The molecule has 0 saturated carbocycles. The van der Waals surface area contributed by atoms with Gasteiger partial charge in [-0.25, -0.2) is 4.98 Å². The number of phenols is 1. The number of imidazole rings is 1. The maximum Gasteiger partial charge on any atom is 0.148 e. The summed E-state index contributed by atoms with van der Waals surface area (Å²) in [6.07, 6.45) is 1.84. The molecule has 54 heavy (non-hydrogen) atoms. The molecule has 1 N–H and O–H groups in total. The van der Waals surface area contributed by atoms with Gasteiger partial charge in [-0.2, -0.15) is 0 Å². The minimum absolute atomic E-state index is 0. The number of rotatable bonds is 6. The van der Waals surface area contributed by atoms with Crippen molar-refractivity contribution < 1.29 is 30.6 Å². The van der Waals surface area contributed by atoms with Gasteiger partial charge in [0.2, 0.25) is 0 Å². The predicted octanol–water partition coefficient (Wildman–Crippen LogP) is 12.2. The summed E-state index contributed by atoms with van der Waals surface area (Å²) in [4.78, 5) is 10.2. The molecule has 6 heteroatoms. The zero-order valence-electron chi connectivity index (χ0n) is 28.8. The summed E-state index contributed by atoms with van der Waals surface area (Å²) >= 11 is 0. The number of aromatic hydroxyl groups is 1. The summed E-state index contributed by atoms with van der Waals surface area (Å²) in [5, 5.41) is 13.3. The third-order valence-corrected chi connectivity index (χ3v) is 9.88. The van der Waals surface area contributed by atoms with Gasteiger partial charge in [0.05, 0.1) is 22.3 Å². The molecule has 0 spiro atoms. The normalized spacial score (nSPS) is 11.3. The maximum absolute atomic E-state index is 11.2. The molecular weight excluding hydrogens is 846 g/mol. The third kappa shape index (κ3) is 5.62. The fraction of sp³-hybridized carbons (Fsp3) is 0. The Morgan fingerprint density at radius 3 is 2.04 bits per heavy atom. The molecule has 0 saturated heterocycles. The van der Waals surface area contributed by atoms with E-state index in [9.17, 15) is 5.11 Å². The first-order valence-corrected chi connectivity index (χ1v) is 17.6. The Balaban J connectivity index is 0.00000384. The molecule has 10 rings (SSSR count). The van der Waals surface area contributed by atoms with Crippen LogP contribution in [0.4, 0.5) is 0 Å². The molecule has 0 aliphatic carbocycles. The molecule has 0 atom stereocenters. The molecule has 0 radical (unpaired) electrons. The van der Waals surface area contributed by atoms with Crippen molar-refractivity contribution in [3.63, 3.8) is 0 Å². The fourth-order valence-corrected chi connectivity index (χ4v) is 7.42. The summed E-state index contributed by atoms with van der Waals surface area (Å²) in [6.45, 7) is 0. The van der Waals surface area contributed by atoms with E-state index in [0.29, 0.717) is 11.4 Å². The van der Waals surface area contributed by atoms with Gasteiger partial charge >= 0.3 is 0 Å². The molecule has 3 aromatic heterocycles. The van der Waals surface area contributed by atoms with Gasteiger partial charge in [0, 0.05) is 49.3 Å². The van der Waals surface area contributed by atoms with Crippen molar-refractivity contribution >= 4 is 33.0 Å². The van der Waals surface area contributed by atoms with Crippen molar-refractivity contribution in [2.24, 2.45) is 0 Å². The molecule has 3 heterocycles. The molecule has 0 aliphatic rings. The number of furan rings is 1. The first-order chi connectivity index (χ1) is 26.2. The van der Waals surface area contributed by atoms with Crippen LogP contribution in [0, 0.1) is 6.07 Å². The molecule has 10 aromatic rings. The number of hydrogen-bond acceptors (Lipinski definition) is 4. The van der Waals surface area contributed by atoms with E-state index in [1.807, 2.05) is 79.0 Å². The number of phenolic OH excluding ortho intramolecular Hbond substituents is 1. The van der Waals surface area contributed by atoms with Gasteiger partial charge in [-0.05, 0) is 47.5 Å². The molecule has 5 nitrogen and oxygen atoms in total. The Hall–Kier alpha value is -6.55. The average molecular weight is 876 g/mol. The summed E-state index contributed by atoms with van der Waals surface area (Å²) < 4.78 is 8.62. The maximum atomic E-state index is 11.2. The molecule has 0 aliphatic heterocycles. The van der Waals surface area contributed by atoms with Crippen molar-refractivity contribution in [3.8, 4) is 67.5 Å². The molecule has 0 fully saturated rings. The monoisotopic (exact) mass is 875 g/mol. The van der Waals surface area contributed by atoms with E-state index >= 15 is 0 Å². The number of hydrogen-bond donors (Lipinski definition) is 1. The molecule has 7 aromatic carbocycles. The second-order valence-electron chi connectivity index (χ2n) is 13.0. The Labute approximate surface area is 326 Å². The number of fused-ring (bicyclic) bond motifs is 4. The first kappa shape index (κ1) is 33.3. The van der Waals surface area contributed by atoms with Crippen LogP contribution in [0.15, 0.2) is 180 Å². The Bertz CT molecular complexity index is 2970. The summed E-state index contributed by atoms with van der Waals surface area (Å²) in [6, 6.07) is 60.8. The average Bonchev–Trinajstić information content (AvgIpc) is 3.80. The largest absolute Gasteiger partial charge is 0.507 e. The van der Waals surface area contributed by atoms with Gasteiger partial charge in [0.1, 0.15) is 22.7 Å². The molecule has 0 unspecified atom stereocenters. The van der Waals surface area contributed by atoms with E-state index in [1.165, 1.54) is 0 Å². The zero-order chi connectivity index (χ0) is 35.3. The molecule has 0 amide bonds. The van der Waals surface area contributed by atoms with Gasteiger partial charge in [-0.15, -0.1) is 23.8 Å². The Morgan fingerprint density at radius 1 is 0.556 bits per heavy atom. The Morgan fingerprint density at radius 2 is 1.22 bits per heavy atom. The van der Waals surface area contributed by atoms with Crippen molar-refractivity contribution in [2.45, 2.75) is 0 Å². The fourth-order valence-electron chi connectivity index (χ4n) is 7.42. The third-order valence-electron chi connectivity index (χ3n) is 9.88. The number of benzene rings is 7. The van der Waals surface area contributed by atoms with Crippen LogP contribution in [0.3, 0.4) is 0 Å². The molecule has 260 valence electrons. The summed E-state index contributed by atoms with van der Waals surface area (Å²) in [5.74, 6) is 0.801. The minimum Gasteiger partial charge on any atom is -0.507 e. The zero-order valence-corrected chi connectivity index (χ0v) is 31.0. The summed E-state index contributed by atoms with van der Waals surface area (Å²) in [5.41, 5.74) is 12.4. The number of para-hydroxylation sites is 4.